The van der Waals surface area contributed by atoms with Crippen LogP contribution in [0.2, 0.25) is 0 Å². The highest BCUT2D eigenvalue weighted by Crippen LogP contribution is 2.19. The third-order valence-electron chi connectivity index (χ3n) is 2.70. The number of hydrogen-bond acceptors (Lipinski definition) is 5. The molecule has 2 rings (SSSR count). The number of carbonyl (C=O) groups is 1. The second-order valence-electron chi connectivity index (χ2n) is 3.82. The van der Waals surface area contributed by atoms with Crippen molar-refractivity contribution in [2.24, 2.45) is 0 Å². The zero-order valence-electron chi connectivity index (χ0n) is 10.3. The average Bonchev–Trinajstić information content (AvgIpc) is 2.99. The molecule has 5 nitrogen and oxygen atoms in total. The number of rotatable bonds is 4. The lowest BCUT2D eigenvalue weighted by Crippen LogP contribution is -2.09. The van der Waals surface area contributed by atoms with E-state index in [1.54, 1.807) is 11.3 Å². The molecule has 2 aromatic heterocycles. The van der Waals surface area contributed by atoms with Crippen LogP contribution in [0.15, 0.2) is 16.8 Å². The van der Waals surface area contributed by atoms with Gasteiger partial charge in [-0.25, -0.2) is 9.78 Å². The van der Waals surface area contributed by atoms with E-state index in [1.807, 2.05) is 22.9 Å². The van der Waals surface area contributed by atoms with Gasteiger partial charge in [0, 0.05) is 6.42 Å². The average molecular weight is 265 g/mol. The van der Waals surface area contributed by atoms with Crippen LogP contribution in [0, 0.1) is 0 Å². The minimum atomic E-state index is -0.494. The molecule has 0 aliphatic heterocycles. The minimum absolute atomic E-state index is 0.199. The molecule has 0 saturated heterocycles. The van der Waals surface area contributed by atoms with Crippen LogP contribution in [0.3, 0.4) is 0 Å². The third-order valence-corrected chi connectivity index (χ3v) is 3.43. The van der Waals surface area contributed by atoms with Gasteiger partial charge in [0.2, 0.25) is 0 Å². The van der Waals surface area contributed by atoms with Crippen LogP contribution < -0.4 is 5.73 Å². The highest BCUT2D eigenvalue weighted by atomic mass is 32.1. The zero-order valence-corrected chi connectivity index (χ0v) is 11.2. The number of thiophene rings is 1. The summed E-state index contributed by atoms with van der Waals surface area (Å²) in [6, 6.07) is 2.03. The summed E-state index contributed by atoms with van der Waals surface area (Å²) in [5, 5.41) is 4.06. The van der Waals surface area contributed by atoms with Crippen LogP contribution >= 0.6 is 11.3 Å². The smallest absolute Gasteiger partial charge is 0.360 e. The third kappa shape index (κ3) is 2.24. The van der Waals surface area contributed by atoms with Crippen molar-refractivity contribution in [1.82, 2.24) is 9.55 Å². The van der Waals surface area contributed by atoms with Gasteiger partial charge in [0.1, 0.15) is 11.6 Å². The summed E-state index contributed by atoms with van der Waals surface area (Å²) in [6.07, 6.45) is 0.714. The first-order valence-electron chi connectivity index (χ1n) is 5.61. The molecule has 6 heteroatoms. The second-order valence-corrected chi connectivity index (χ2v) is 4.60. The Labute approximate surface area is 109 Å². The summed E-state index contributed by atoms with van der Waals surface area (Å²) in [4.78, 5) is 15.8. The number of esters is 1. The molecule has 2 N–H and O–H groups in total. The SMILES string of the molecule is CCc1nc(C(=O)OC)c(N)n1Cc1ccsc1. The number of methoxy groups -OCH3 is 1. The van der Waals surface area contributed by atoms with Gasteiger partial charge in [0.25, 0.3) is 0 Å². The van der Waals surface area contributed by atoms with Crippen LogP contribution in [0.25, 0.3) is 0 Å². The Kier molecular flexibility index (Phi) is 3.66. The van der Waals surface area contributed by atoms with Crippen molar-refractivity contribution in [3.05, 3.63) is 33.9 Å². The molecule has 2 heterocycles. The maximum atomic E-state index is 11.5. The van der Waals surface area contributed by atoms with Crippen molar-refractivity contribution in [3.8, 4) is 0 Å². The zero-order chi connectivity index (χ0) is 13.1. The molecular formula is C12H15N3O2S. The van der Waals surface area contributed by atoms with Crippen molar-refractivity contribution < 1.29 is 9.53 Å². The van der Waals surface area contributed by atoms with E-state index in [0.717, 1.165) is 11.4 Å². The molecule has 0 saturated carbocycles. The number of ether oxygens (including phenoxy) is 1. The molecule has 18 heavy (non-hydrogen) atoms. The Morgan fingerprint density at radius 1 is 1.61 bits per heavy atom. The van der Waals surface area contributed by atoms with E-state index in [2.05, 4.69) is 15.1 Å². The van der Waals surface area contributed by atoms with Gasteiger partial charge in [-0.1, -0.05) is 6.92 Å². The van der Waals surface area contributed by atoms with Gasteiger partial charge in [0.05, 0.1) is 13.7 Å². The molecule has 2 aromatic rings. The molecule has 0 fully saturated rings. The van der Waals surface area contributed by atoms with Crippen molar-refractivity contribution in [3.63, 3.8) is 0 Å². The number of nitrogens with zero attached hydrogens (tertiary/aromatic N) is 2. The fourth-order valence-corrected chi connectivity index (χ4v) is 2.43. The van der Waals surface area contributed by atoms with Gasteiger partial charge >= 0.3 is 5.97 Å². The van der Waals surface area contributed by atoms with Crippen molar-refractivity contribution in [2.45, 2.75) is 19.9 Å². The Balaban J connectivity index is 2.39. The van der Waals surface area contributed by atoms with E-state index in [9.17, 15) is 4.79 Å². The van der Waals surface area contributed by atoms with Gasteiger partial charge in [-0.2, -0.15) is 11.3 Å². The standard InChI is InChI=1S/C12H15N3O2S/c1-3-9-14-10(12(16)17-2)11(13)15(9)6-8-4-5-18-7-8/h4-5,7H,3,6,13H2,1-2H3. The molecule has 0 spiro atoms. The summed E-state index contributed by atoms with van der Waals surface area (Å²) in [6.45, 7) is 2.61. The topological polar surface area (TPSA) is 70.1 Å². The maximum Gasteiger partial charge on any atom is 0.360 e. The Morgan fingerprint density at radius 2 is 2.39 bits per heavy atom. The van der Waals surface area contributed by atoms with Crippen LogP contribution in [-0.4, -0.2) is 22.6 Å². The van der Waals surface area contributed by atoms with Gasteiger partial charge in [-0.05, 0) is 22.4 Å². The highest BCUT2D eigenvalue weighted by molar-refractivity contribution is 7.07. The lowest BCUT2D eigenvalue weighted by molar-refractivity contribution is 0.0595. The molecule has 96 valence electrons. The number of imidazole rings is 1. The van der Waals surface area contributed by atoms with Gasteiger partial charge in [-0.15, -0.1) is 0 Å². The normalized spacial score (nSPS) is 10.6. The number of aromatic nitrogens is 2. The molecule has 0 aliphatic carbocycles. The van der Waals surface area contributed by atoms with Gasteiger partial charge < -0.3 is 15.0 Å². The lowest BCUT2D eigenvalue weighted by atomic mass is 10.3. The number of anilines is 1. The number of carbonyl (C=O) groups excluding carboxylic acids is 1. The summed E-state index contributed by atoms with van der Waals surface area (Å²) in [5.41, 5.74) is 7.32. The van der Waals surface area contributed by atoms with Crippen LogP contribution in [0.1, 0.15) is 28.8 Å². The molecule has 0 unspecified atom stereocenters. The Morgan fingerprint density at radius 3 is 2.94 bits per heavy atom. The van der Waals surface area contributed by atoms with Crippen molar-refractivity contribution in [2.75, 3.05) is 12.8 Å². The molecular weight excluding hydrogens is 250 g/mol. The van der Waals surface area contributed by atoms with E-state index in [1.165, 1.54) is 7.11 Å². The maximum absolute atomic E-state index is 11.5. The first-order chi connectivity index (χ1) is 8.67. The largest absolute Gasteiger partial charge is 0.464 e. The molecule has 0 amide bonds. The van der Waals surface area contributed by atoms with E-state index in [0.29, 0.717) is 18.8 Å². The van der Waals surface area contributed by atoms with E-state index in [4.69, 9.17) is 5.73 Å². The van der Waals surface area contributed by atoms with Crippen LogP contribution in [-0.2, 0) is 17.7 Å². The Bertz CT molecular complexity index is 546. The number of aryl methyl sites for hydroxylation is 1. The van der Waals surface area contributed by atoms with Crippen molar-refractivity contribution >= 4 is 23.1 Å². The molecule has 0 atom stereocenters. The lowest BCUT2D eigenvalue weighted by Gasteiger charge is -2.07. The van der Waals surface area contributed by atoms with Crippen LogP contribution in [0.4, 0.5) is 5.82 Å². The summed E-state index contributed by atoms with van der Waals surface area (Å²) in [7, 11) is 1.32. The predicted molar refractivity (Wildman–Crippen MR) is 70.8 cm³/mol. The van der Waals surface area contributed by atoms with Gasteiger partial charge in [0.15, 0.2) is 5.69 Å². The van der Waals surface area contributed by atoms with E-state index in [-0.39, 0.29) is 5.69 Å². The minimum Gasteiger partial charge on any atom is -0.464 e. The number of nitrogen functional groups attached to an aromatic ring is 1. The fourth-order valence-electron chi connectivity index (χ4n) is 1.77. The fraction of sp³-hybridized carbons (Fsp3) is 0.333. The first kappa shape index (κ1) is 12.6. The highest BCUT2D eigenvalue weighted by Gasteiger charge is 2.20. The summed E-state index contributed by atoms with van der Waals surface area (Å²) >= 11 is 1.63. The van der Waals surface area contributed by atoms with E-state index < -0.39 is 5.97 Å². The summed E-state index contributed by atoms with van der Waals surface area (Å²) in [5.74, 6) is 0.662. The van der Waals surface area contributed by atoms with E-state index >= 15 is 0 Å². The quantitative estimate of drug-likeness (QED) is 0.857. The number of hydrogen-bond donors (Lipinski definition) is 1. The molecule has 0 radical (unpaired) electrons. The van der Waals surface area contributed by atoms with Crippen LogP contribution in [0.5, 0.6) is 0 Å². The monoisotopic (exact) mass is 265 g/mol. The molecule has 0 aliphatic rings. The number of nitrogens with two attached hydrogens (primary N) is 1. The Hall–Kier alpha value is -1.82. The van der Waals surface area contributed by atoms with Gasteiger partial charge in [-0.3, -0.25) is 0 Å². The molecule has 0 aromatic carbocycles. The predicted octanol–water partition coefficient (Wildman–Crippen LogP) is 1.92. The molecule has 0 bridgehead atoms. The summed E-state index contributed by atoms with van der Waals surface area (Å²) < 4.78 is 6.53. The van der Waals surface area contributed by atoms with Crippen molar-refractivity contribution in [1.29, 1.82) is 0 Å². The second kappa shape index (κ2) is 5.22. The first-order valence-corrected chi connectivity index (χ1v) is 6.55.